The van der Waals surface area contributed by atoms with Gasteiger partial charge in [-0.25, -0.2) is 4.98 Å². The third-order valence-corrected chi connectivity index (χ3v) is 5.06. The second-order valence-electron chi connectivity index (χ2n) is 6.78. The van der Waals surface area contributed by atoms with E-state index in [1.807, 2.05) is 19.3 Å². The monoisotopic (exact) mass is 340 g/mol. The summed E-state index contributed by atoms with van der Waals surface area (Å²) in [6, 6.07) is 8.45. The molecule has 1 fully saturated rings. The van der Waals surface area contributed by atoms with Crippen molar-refractivity contribution in [2.24, 2.45) is 0 Å². The van der Waals surface area contributed by atoms with Crippen molar-refractivity contribution in [2.75, 3.05) is 13.1 Å². The summed E-state index contributed by atoms with van der Waals surface area (Å²) in [5, 5.41) is 3.13. The fourth-order valence-electron chi connectivity index (χ4n) is 3.58. The van der Waals surface area contributed by atoms with Crippen LogP contribution in [0.25, 0.3) is 0 Å². The predicted octanol–water partition coefficient (Wildman–Crippen LogP) is 2.73. The number of nitrogens with zero attached hydrogens (tertiary/aromatic N) is 3. The number of carbonyl (C=O) groups excluding carboxylic acids is 1. The lowest BCUT2D eigenvalue weighted by molar-refractivity contribution is -0.127. The number of hydrogen-bond donors (Lipinski definition) is 1. The average Bonchev–Trinajstić information content (AvgIpc) is 3.04. The van der Waals surface area contributed by atoms with Crippen molar-refractivity contribution in [3.63, 3.8) is 0 Å². The molecule has 1 aromatic carbocycles. The van der Waals surface area contributed by atoms with E-state index in [0.717, 1.165) is 43.9 Å². The number of nitrogens with one attached hydrogen (secondary N) is 1. The molecule has 134 valence electrons. The Morgan fingerprint density at radius 3 is 2.92 bits per heavy atom. The Hall–Kier alpha value is -2.14. The predicted molar refractivity (Wildman–Crippen MR) is 99.2 cm³/mol. The second-order valence-corrected chi connectivity index (χ2v) is 6.78. The number of rotatable bonds is 6. The van der Waals surface area contributed by atoms with Gasteiger partial charge in [0.1, 0.15) is 5.82 Å². The van der Waals surface area contributed by atoms with Gasteiger partial charge in [0.15, 0.2) is 0 Å². The van der Waals surface area contributed by atoms with Gasteiger partial charge in [-0.3, -0.25) is 9.69 Å². The van der Waals surface area contributed by atoms with E-state index in [1.54, 1.807) is 0 Å². The smallest absolute Gasteiger partial charge is 0.237 e. The maximum atomic E-state index is 12.6. The molecule has 1 N–H and O–H groups in total. The molecule has 25 heavy (non-hydrogen) atoms. The Morgan fingerprint density at radius 1 is 1.32 bits per heavy atom. The normalized spacial score (nSPS) is 18.2. The number of likely N-dealkylation sites (tertiary alicyclic amines) is 1. The van der Waals surface area contributed by atoms with Crippen LogP contribution in [0.4, 0.5) is 0 Å². The number of imidazole rings is 1. The summed E-state index contributed by atoms with van der Waals surface area (Å²) in [6.45, 7) is 7.51. The Kier molecular flexibility index (Phi) is 5.87. The minimum atomic E-state index is 0.0375. The van der Waals surface area contributed by atoms with Crippen LogP contribution in [0, 0.1) is 6.92 Å². The zero-order chi connectivity index (χ0) is 17.6. The molecule has 1 atom stereocenters. The summed E-state index contributed by atoms with van der Waals surface area (Å²) >= 11 is 0. The first-order valence-electron chi connectivity index (χ1n) is 9.24. The maximum absolute atomic E-state index is 12.6. The number of carbonyl (C=O) groups is 1. The number of aryl methyl sites for hydroxylation is 1. The molecular weight excluding hydrogens is 312 g/mol. The Balaban J connectivity index is 1.58. The van der Waals surface area contributed by atoms with E-state index in [2.05, 4.69) is 51.0 Å². The van der Waals surface area contributed by atoms with Crippen LogP contribution < -0.4 is 5.32 Å². The summed E-state index contributed by atoms with van der Waals surface area (Å²) < 4.78 is 2.12. The SMILES string of the molecule is CCN1CCCC[C@H]1C(=O)NCc1cccc(Cn2ccnc2C)c1. The molecule has 2 heterocycles. The van der Waals surface area contributed by atoms with Crippen LogP contribution >= 0.6 is 0 Å². The molecule has 2 aromatic rings. The number of amides is 1. The molecule has 0 spiro atoms. The second kappa shape index (κ2) is 8.30. The van der Waals surface area contributed by atoms with Gasteiger partial charge in [-0.2, -0.15) is 0 Å². The van der Waals surface area contributed by atoms with Gasteiger partial charge < -0.3 is 9.88 Å². The Bertz CT molecular complexity index is 709. The maximum Gasteiger partial charge on any atom is 0.237 e. The first kappa shape index (κ1) is 17.7. The highest BCUT2D eigenvalue weighted by atomic mass is 16.2. The largest absolute Gasteiger partial charge is 0.351 e. The van der Waals surface area contributed by atoms with Crippen molar-refractivity contribution >= 4 is 5.91 Å². The van der Waals surface area contributed by atoms with Gasteiger partial charge in [0.25, 0.3) is 0 Å². The van der Waals surface area contributed by atoms with E-state index < -0.39 is 0 Å². The number of benzene rings is 1. The van der Waals surface area contributed by atoms with E-state index in [9.17, 15) is 4.79 Å². The fourth-order valence-corrected chi connectivity index (χ4v) is 3.58. The number of piperidine rings is 1. The summed E-state index contributed by atoms with van der Waals surface area (Å²) in [5.74, 6) is 1.17. The quantitative estimate of drug-likeness (QED) is 0.880. The van der Waals surface area contributed by atoms with Gasteiger partial charge in [0.2, 0.25) is 5.91 Å². The standard InChI is InChI=1S/C20H28N4O/c1-3-23-11-5-4-9-19(23)20(25)22-14-17-7-6-8-18(13-17)15-24-12-10-21-16(24)2/h6-8,10,12-13,19H,3-5,9,11,14-15H2,1-2H3,(H,22,25)/t19-/m0/s1. The fraction of sp³-hybridized carbons (Fsp3) is 0.500. The van der Waals surface area contributed by atoms with E-state index in [0.29, 0.717) is 6.54 Å². The third kappa shape index (κ3) is 4.48. The molecule has 0 bridgehead atoms. The van der Waals surface area contributed by atoms with Crippen molar-refractivity contribution < 1.29 is 4.79 Å². The summed E-state index contributed by atoms with van der Waals surface area (Å²) in [4.78, 5) is 19.1. The molecule has 5 heteroatoms. The highest BCUT2D eigenvalue weighted by Crippen LogP contribution is 2.17. The molecule has 0 unspecified atom stereocenters. The van der Waals surface area contributed by atoms with Crippen LogP contribution in [-0.2, 0) is 17.9 Å². The molecule has 1 amide bonds. The lowest BCUT2D eigenvalue weighted by atomic mass is 10.0. The van der Waals surface area contributed by atoms with Crippen LogP contribution in [0.15, 0.2) is 36.7 Å². The average molecular weight is 340 g/mol. The molecular formula is C20H28N4O. The minimum Gasteiger partial charge on any atom is -0.351 e. The van der Waals surface area contributed by atoms with E-state index in [4.69, 9.17) is 0 Å². The first-order chi connectivity index (χ1) is 12.2. The minimum absolute atomic E-state index is 0.0375. The van der Waals surface area contributed by atoms with Gasteiger partial charge in [-0.05, 0) is 44.0 Å². The van der Waals surface area contributed by atoms with Crippen LogP contribution in [0.5, 0.6) is 0 Å². The lowest BCUT2D eigenvalue weighted by Gasteiger charge is -2.33. The molecule has 1 saturated heterocycles. The van der Waals surface area contributed by atoms with Crippen molar-refractivity contribution in [3.05, 3.63) is 53.6 Å². The molecule has 1 aliphatic rings. The highest BCUT2D eigenvalue weighted by Gasteiger charge is 2.27. The zero-order valence-electron chi connectivity index (χ0n) is 15.2. The molecule has 3 rings (SSSR count). The summed E-state index contributed by atoms with van der Waals surface area (Å²) in [6.07, 6.45) is 7.14. The van der Waals surface area contributed by atoms with Crippen LogP contribution in [-0.4, -0.2) is 39.5 Å². The van der Waals surface area contributed by atoms with Crippen molar-refractivity contribution in [1.82, 2.24) is 19.8 Å². The molecule has 0 radical (unpaired) electrons. The number of hydrogen-bond acceptors (Lipinski definition) is 3. The molecule has 5 nitrogen and oxygen atoms in total. The van der Waals surface area contributed by atoms with Crippen molar-refractivity contribution in [2.45, 2.75) is 52.2 Å². The first-order valence-corrected chi connectivity index (χ1v) is 9.24. The molecule has 0 saturated carbocycles. The van der Waals surface area contributed by atoms with Crippen LogP contribution in [0.1, 0.15) is 43.1 Å². The van der Waals surface area contributed by atoms with Gasteiger partial charge in [0.05, 0.1) is 6.04 Å². The molecule has 1 aromatic heterocycles. The topological polar surface area (TPSA) is 50.2 Å². The van der Waals surface area contributed by atoms with Gasteiger partial charge in [-0.15, -0.1) is 0 Å². The van der Waals surface area contributed by atoms with Crippen molar-refractivity contribution in [1.29, 1.82) is 0 Å². The van der Waals surface area contributed by atoms with Crippen LogP contribution in [0.3, 0.4) is 0 Å². The number of likely N-dealkylation sites (N-methyl/N-ethyl adjacent to an activating group) is 1. The summed E-state index contributed by atoms with van der Waals surface area (Å²) in [5.41, 5.74) is 2.36. The van der Waals surface area contributed by atoms with Gasteiger partial charge in [0, 0.05) is 25.5 Å². The third-order valence-electron chi connectivity index (χ3n) is 5.06. The summed E-state index contributed by atoms with van der Waals surface area (Å²) in [7, 11) is 0. The van der Waals surface area contributed by atoms with Gasteiger partial charge in [-0.1, -0.05) is 37.6 Å². The Morgan fingerprint density at radius 2 is 2.16 bits per heavy atom. The highest BCUT2D eigenvalue weighted by molar-refractivity contribution is 5.81. The molecule has 0 aliphatic carbocycles. The molecule has 1 aliphatic heterocycles. The van der Waals surface area contributed by atoms with Crippen LogP contribution in [0.2, 0.25) is 0 Å². The van der Waals surface area contributed by atoms with E-state index >= 15 is 0 Å². The zero-order valence-corrected chi connectivity index (χ0v) is 15.2. The van der Waals surface area contributed by atoms with E-state index in [1.165, 1.54) is 12.0 Å². The van der Waals surface area contributed by atoms with Crippen molar-refractivity contribution in [3.8, 4) is 0 Å². The van der Waals surface area contributed by atoms with Gasteiger partial charge >= 0.3 is 0 Å². The number of aromatic nitrogens is 2. The lowest BCUT2D eigenvalue weighted by Crippen LogP contribution is -2.49. The van der Waals surface area contributed by atoms with E-state index in [-0.39, 0.29) is 11.9 Å². The Labute approximate surface area is 150 Å².